The number of carbonyl (C=O) groups is 1. The van der Waals surface area contributed by atoms with Crippen molar-refractivity contribution < 1.29 is 33.3 Å². The Kier molecular flexibility index (Phi) is 10.0. The van der Waals surface area contributed by atoms with Crippen molar-refractivity contribution >= 4 is 14.3 Å². The molecule has 35 heavy (non-hydrogen) atoms. The molecule has 1 aliphatic rings. The first-order chi connectivity index (χ1) is 16.2. The molecule has 12 heteroatoms. The Bertz CT molecular complexity index is 969. The number of hydrogen-bond acceptors (Lipinski definition) is 9. The number of esters is 1. The summed E-state index contributed by atoms with van der Waals surface area (Å²) in [5.41, 5.74) is -0.882. The van der Waals surface area contributed by atoms with E-state index < -0.39 is 56.2 Å². The Morgan fingerprint density at radius 3 is 2.49 bits per heavy atom. The summed E-state index contributed by atoms with van der Waals surface area (Å²) in [6, 6.07) is 0. The van der Waals surface area contributed by atoms with Crippen molar-refractivity contribution in [1.29, 1.82) is 0 Å². The number of carbonyl (C=O) groups excluding carboxylic acids is 1. The molecule has 1 saturated heterocycles. The number of aryl methyl sites for hydroxylation is 1. The maximum atomic E-state index is 12.7. The number of aromatic nitrogens is 2. The highest BCUT2D eigenvalue weighted by molar-refractivity contribution is 6.74. The summed E-state index contributed by atoms with van der Waals surface area (Å²) in [7, 11) is -0.891. The molecule has 0 aliphatic carbocycles. The molecule has 1 aromatic heterocycles. The zero-order chi connectivity index (χ0) is 26.6. The summed E-state index contributed by atoms with van der Waals surface area (Å²) < 4.78 is 30.3. The van der Waals surface area contributed by atoms with Crippen LogP contribution in [0.2, 0.25) is 18.1 Å². The number of aromatic amines is 1. The highest BCUT2D eigenvalue weighted by Crippen LogP contribution is 2.42. The average Bonchev–Trinajstić information content (AvgIpc) is 3.07. The van der Waals surface area contributed by atoms with Crippen LogP contribution in [-0.2, 0) is 28.2 Å². The fourth-order valence-corrected chi connectivity index (χ4v) is 4.88. The summed E-state index contributed by atoms with van der Waals surface area (Å²) in [6.45, 7) is 14.2. The summed E-state index contributed by atoms with van der Waals surface area (Å²) >= 11 is 0. The predicted octanol–water partition coefficient (Wildman–Crippen LogP) is 1.48. The molecular formula is C23H40N2O9Si. The molecule has 1 unspecified atom stereocenters. The van der Waals surface area contributed by atoms with E-state index in [1.54, 1.807) is 13.8 Å². The number of H-pyrrole nitrogens is 1. The van der Waals surface area contributed by atoms with Gasteiger partial charge in [-0.15, -0.1) is 0 Å². The van der Waals surface area contributed by atoms with E-state index >= 15 is 0 Å². The van der Waals surface area contributed by atoms with E-state index in [4.69, 9.17) is 23.4 Å². The van der Waals surface area contributed by atoms with Crippen LogP contribution in [0.15, 0.2) is 15.8 Å². The molecule has 1 aliphatic heterocycles. The second kappa shape index (κ2) is 11.9. The van der Waals surface area contributed by atoms with Gasteiger partial charge in [-0.2, -0.15) is 0 Å². The van der Waals surface area contributed by atoms with E-state index in [0.717, 1.165) is 0 Å². The van der Waals surface area contributed by atoms with Gasteiger partial charge in [0.05, 0.1) is 32.3 Å². The molecule has 200 valence electrons. The van der Waals surface area contributed by atoms with Crippen LogP contribution in [-0.4, -0.2) is 80.3 Å². The molecule has 2 heterocycles. The van der Waals surface area contributed by atoms with Crippen LogP contribution in [0.5, 0.6) is 0 Å². The number of rotatable bonds is 11. The van der Waals surface area contributed by atoms with Crippen LogP contribution >= 0.6 is 0 Å². The van der Waals surface area contributed by atoms with Gasteiger partial charge in [0.15, 0.2) is 14.5 Å². The molecule has 1 aromatic rings. The van der Waals surface area contributed by atoms with Gasteiger partial charge in [-0.05, 0) is 32.0 Å². The molecule has 0 saturated carbocycles. The van der Waals surface area contributed by atoms with Crippen LogP contribution in [0.25, 0.3) is 0 Å². The number of methoxy groups -OCH3 is 1. The molecular weight excluding hydrogens is 476 g/mol. The second-order valence-corrected chi connectivity index (χ2v) is 15.0. The van der Waals surface area contributed by atoms with Crippen LogP contribution < -0.4 is 11.2 Å². The van der Waals surface area contributed by atoms with Crippen LogP contribution in [0.1, 0.15) is 45.9 Å². The quantitative estimate of drug-likeness (QED) is 0.254. The summed E-state index contributed by atoms with van der Waals surface area (Å²) in [5, 5.41) is 10.8. The van der Waals surface area contributed by atoms with Crippen molar-refractivity contribution in [1.82, 2.24) is 9.55 Å². The first-order valence-corrected chi connectivity index (χ1v) is 14.7. The van der Waals surface area contributed by atoms with E-state index in [9.17, 15) is 19.5 Å². The van der Waals surface area contributed by atoms with E-state index in [0.29, 0.717) is 5.56 Å². The second-order valence-electron chi connectivity index (χ2n) is 10.2. The molecule has 11 nitrogen and oxygen atoms in total. The molecule has 5 atom stereocenters. The minimum Gasteiger partial charge on any atom is -0.466 e. The van der Waals surface area contributed by atoms with Crippen LogP contribution in [0.3, 0.4) is 0 Å². The standard InChI is InChI=1S/C23H40N2O9Si/c1-9-31-16(27)12-15(26)17-18(34-35(7,8)23(3,4)5)19(32-11-10-30-6)21(33-17)25-13-14(2)20(28)24-22(25)29/h13,15,17-19,21,26H,9-12H2,1-8H3,(H,24,28,29)/t15-,17+,18?,19-,21+/m0/s1. The predicted molar refractivity (Wildman–Crippen MR) is 131 cm³/mol. The fraction of sp³-hybridized carbons (Fsp3) is 0.783. The van der Waals surface area contributed by atoms with Gasteiger partial charge in [-0.3, -0.25) is 19.1 Å². The summed E-state index contributed by atoms with van der Waals surface area (Å²) in [6.07, 6.45) is -3.85. The lowest BCUT2D eigenvalue weighted by Gasteiger charge is -2.41. The van der Waals surface area contributed by atoms with Gasteiger partial charge in [0, 0.05) is 18.9 Å². The van der Waals surface area contributed by atoms with Crippen molar-refractivity contribution in [2.24, 2.45) is 0 Å². The van der Waals surface area contributed by atoms with Crippen molar-refractivity contribution in [3.8, 4) is 0 Å². The van der Waals surface area contributed by atoms with E-state index in [-0.39, 0.29) is 31.3 Å². The smallest absolute Gasteiger partial charge is 0.330 e. The largest absolute Gasteiger partial charge is 0.466 e. The molecule has 2 N–H and O–H groups in total. The highest BCUT2D eigenvalue weighted by atomic mass is 28.4. The van der Waals surface area contributed by atoms with Gasteiger partial charge in [-0.25, -0.2) is 4.79 Å². The van der Waals surface area contributed by atoms with Crippen molar-refractivity contribution in [3.63, 3.8) is 0 Å². The number of aliphatic hydroxyl groups is 1. The Labute approximate surface area is 206 Å². The van der Waals surface area contributed by atoms with Crippen LogP contribution in [0.4, 0.5) is 0 Å². The molecule has 0 bridgehead atoms. The normalized spacial score (nSPS) is 23.9. The number of aliphatic hydroxyl groups excluding tert-OH is 1. The summed E-state index contributed by atoms with van der Waals surface area (Å²) in [5.74, 6) is -0.577. The van der Waals surface area contributed by atoms with E-state index in [2.05, 4.69) is 38.8 Å². The maximum Gasteiger partial charge on any atom is 0.330 e. The first-order valence-electron chi connectivity index (χ1n) is 11.8. The molecule has 0 aromatic carbocycles. The third-order valence-electron chi connectivity index (χ3n) is 6.54. The Hall–Kier alpha value is -1.83. The molecule has 2 rings (SSSR count). The molecule has 0 amide bonds. The van der Waals surface area contributed by atoms with Crippen molar-refractivity contribution in [3.05, 3.63) is 32.6 Å². The fourth-order valence-electron chi connectivity index (χ4n) is 3.58. The number of hydrogen-bond donors (Lipinski definition) is 2. The van der Waals surface area contributed by atoms with Gasteiger partial charge < -0.3 is 28.5 Å². The average molecular weight is 517 g/mol. The lowest BCUT2D eigenvalue weighted by molar-refractivity contribution is -0.150. The lowest BCUT2D eigenvalue weighted by Crippen LogP contribution is -2.52. The number of nitrogens with zero attached hydrogens (tertiary/aromatic N) is 1. The van der Waals surface area contributed by atoms with Gasteiger partial charge in [0.1, 0.15) is 18.3 Å². The first kappa shape index (κ1) is 29.4. The van der Waals surface area contributed by atoms with E-state index in [1.807, 2.05) is 0 Å². The van der Waals surface area contributed by atoms with Gasteiger partial charge in [0.2, 0.25) is 0 Å². The van der Waals surface area contributed by atoms with Gasteiger partial charge >= 0.3 is 11.7 Å². The Morgan fingerprint density at radius 1 is 1.26 bits per heavy atom. The minimum absolute atomic E-state index is 0.176. The van der Waals surface area contributed by atoms with Crippen molar-refractivity contribution in [2.45, 2.75) is 89.8 Å². The third kappa shape index (κ3) is 7.11. The van der Waals surface area contributed by atoms with Gasteiger partial charge in [0.25, 0.3) is 5.56 Å². The lowest BCUT2D eigenvalue weighted by atomic mass is 10.0. The van der Waals surface area contributed by atoms with Crippen molar-refractivity contribution in [2.75, 3.05) is 26.9 Å². The van der Waals surface area contributed by atoms with E-state index in [1.165, 1.54) is 17.9 Å². The van der Waals surface area contributed by atoms with Gasteiger partial charge in [-0.1, -0.05) is 20.8 Å². The molecule has 0 radical (unpaired) electrons. The monoisotopic (exact) mass is 516 g/mol. The summed E-state index contributed by atoms with van der Waals surface area (Å²) in [4.78, 5) is 39.1. The highest BCUT2D eigenvalue weighted by Gasteiger charge is 2.54. The maximum absolute atomic E-state index is 12.7. The zero-order valence-corrected chi connectivity index (χ0v) is 23.0. The third-order valence-corrected chi connectivity index (χ3v) is 11.0. The Balaban J connectivity index is 2.55. The number of ether oxygens (including phenoxy) is 4. The SMILES string of the molecule is CCOC(=O)C[C@H](O)[C@H]1O[C@@H](n2cc(C)c(=O)[nH]c2=O)[C@@H](OCCOC)C1O[Si](C)(C)C(C)(C)C. The number of nitrogens with one attached hydrogen (secondary N) is 1. The molecule has 1 fully saturated rings. The molecule has 0 spiro atoms. The Morgan fingerprint density at radius 2 is 1.91 bits per heavy atom. The topological polar surface area (TPSA) is 138 Å². The zero-order valence-electron chi connectivity index (χ0n) is 22.0. The minimum atomic E-state index is -2.43. The van der Waals surface area contributed by atoms with Crippen LogP contribution in [0, 0.1) is 6.92 Å².